The molecule has 0 fully saturated rings. The molecule has 0 aliphatic carbocycles. The fourth-order valence-corrected chi connectivity index (χ4v) is 6.63. The molecule has 3 heterocycles. The average Bonchev–Trinajstić information content (AvgIpc) is 3.34. The molecule has 6 rings (SSSR count). The van der Waals surface area contributed by atoms with Crippen LogP contribution >= 0.6 is 11.3 Å². The summed E-state index contributed by atoms with van der Waals surface area (Å²) >= 11 is 1.55. The number of halogens is 1. The molecule has 2 nitrogen and oxygen atoms in total. The number of aryl methyl sites for hydroxylation is 1. The van der Waals surface area contributed by atoms with Gasteiger partial charge >= 0.3 is 0 Å². The Morgan fingerprint density at radius 2 is 1.76 bits per heavy atom. The molecule has 0 atom stereocenters. The van der Waals surface area contributed by atoms with E-state index >= 15 is 0 Å². The van der Waals surface area contributed by atoms with Crippen LogP contribution in [0.2, 0.25) is 19.6 Å². The SMILES string of the molecule is [2H]C(C)(C)c1ccnc(-c2[c-]ccc3c2sc2cc(F)ccc23)c1.[2H]C([2H])([2H])c1c[c-]c(-c2ccc([Si](C)(C)C)cn2)cc1.[Ir]. The number of thiophene rings is 1. The summed E-state index contributed by atoms with van der Waals surface area (Å²) in [4.78, 5) is 8.95. The first-order valence-electron chi connectivity index (χ1n) is 15.1. The van der Waals surface area contributed by atoms with Crippen LogP contribution in [-0.4, -0.2) is 18.0 Å². The molecule has 0 saturated carbocycles. The van der Waals surface area contributed by atoms with Crippen LogP contribution in [0.15, 0.2) is 85.2 Å². The van der Waals surface area contributed by atoms with Gasteiger partial charge in [-0.1, -0.05) is 75.6 Å². The van der Waals surface area contributed by atoms with Gasteiger partial charge in [-0.3, -0.25) is 0 Å². The van der Waals surface area contributed by atoms with Gasteiger partial charge in [0.15, 0.2) is 0 Å². The molecule has 3 aromatic carbocycles. The molecule has 6 heteroatoms. The van der Waals surface area contributed by atoms with E-state index in [1.807, 2.05) is 56.4 Å². The summed E-state index contributed by atoms with van der Waals surface area (Å²) in [5.74, 6) is -0.912. The van der Waals surface area contributed by atoms with Crippen molar-refractivity contribution in [2.24, 2.45) is 0 Å². The van der Waals surface area contributed by atoms with Crippen LogP contribution in [0.1, 0.15) is 36.4 Å². The van der Waals surface area contributed by atoms with Crippen molar-refractivity contribution in [2.45, 2.75) is 46.2 Å². The monoisotopic (exact) mass is 757 g/mol. The standard InChI is InChI=1S/C20H15FNS.C15H18NSi.Ir/c1-12(2)13-8-9-22-18(10-13)17-5-3-4-16-15-7-6-14(21)11-19(15)23-20(16)17;1-12-5-7-13(8-6-12)15-10-9-14(11-16-15)17(2,3)4;/h3-4,6-12H,1-2H3;5-7,9-11H,1-4H3;/q2*-1;/i12D;1D3;. The second-order valence-electron chi connectivity index (χ2n) is 10.9. The maximum atomic E-state index is 13.5. The first-order chi connectivity index (χ1) is 20.6. The van der Waals surface area contributed by atoms with Gasteiger partial charge in [0, 0.05) is 42.7 Å². The van der Waals surface area contributed by atoms with Gasteiger partial charge in [-0.05, 0) is 50.8 Å². The number of aromatic nitrogens is 2. The largest absolute Gasteiger partial charge is 0.305 e. The number of rotatable bonds is 4. The van der Waals surface area contributed by atoms with Crippen LogP contribution in [0, 0.1) is 24.8 Å². The minimum atomic E-state index is -2.08. The molecule has 0 N–H and O–H groups in total. The normalized spacial score (nSPS) is 13.3. The van der Waals surface area contributed by atoms with E-state index in [9.17, 15) is 4.39 Å². The van der Waals surface area contributed by atoms with E-state index < -0.39 is 20.8 Å². The van der Waals surface area contributed by atoms with Gasteiger partial charge < -0.3 is 9.97 Å². The van der Waals surface area contributed by atoms with Crippen molar-refractivity contribution < 1.29 is 30.0 Å². The minimum absolute atomic E-state index is 0. The smallest absolute Gasteiger partial charge is 0.124 e. The average molecular weight is 757 g/mol. The Kier molecular flexibility index (Phi) is 8.06. The van der Waals surface area contributed by atoms with Crippen molar-refractivity contribution in [2.75, 3.05) is 0 Å². The fourth-order valence-electron chi connectivity index (χ4n) is 4.36. The van der Waals surface area contributed by atoms with Crippen molar-refractivity contribution in [3.8, 4) is 22.5 Å². The molecule has 0 amide bonds. The fraction of sp³-hybridized carbons (Fsp3) is 0.200. The Hall–Kier alpha value is -3.02. The Bertz CT molecular complexity index is 1870. The molecule has 0 bridgehead atoms. The Balaban J connectivity index is 0.000000204. The van der Waals surface area contributed by atoms with Crippen molar-refractivity contribution in [3.63, 3.8) is 0 Å². The van der Waals surface area contributed by atoms with Gasteiger partial charge in [0.05, 0.1) is 8.07 Å². The van der Waals surface area contributed by atoms with Crippen molar-refractivity contribution >= 4 is 44.8 Å². The number of benzene rings is 3. The van der Waals surface area contributed by atoms with Crippen LogP contribution in [0.25, 0.3) is 42.7 Å². The number of hydrogen-bond acceptors (Lipinski definition) is 3. The molecule has 211 valence electrons. The summed E-state index contributed by atoms with van der Waals surface area (Å²) < 4.78 is 45.8. The number of pyridine rings is 2. The van der Waals surface area contributed by atoms with E-state index in [1.165, 1.54) is 17.3 Å². The zero-order valence-corrected chi connectivity index (χ0v) is 27.8. The van der Waals surface area contributed by atoms with Crippen LogP contribution in [0.3, 0.4) is 0 Å². The zero-order chi connectivity index (χ0) is 31.9. The molecular weight excluding hydrogens is 720 g/mol. The second-order valence-corrected chi connectivity index (χ2v) is 17.1. The van der Waals surface area contributed by atoms with Gasteiger partial charge in [0.2, 0.25) is 0 Å². The summed E-state index contributed by atoms with van der Waals surface area (Å²) in [6.07, 6.45) is 3.66. The number of nitrogens with zero attached hydrogens (tertiary/aromatic N) is 2. The molecule has 3 aromatic heterocycles. The molecule has 0 aliphatic heterocycles. The maximum Gasteiger partial charge on any atom is 0.124 e. The zero-order valence-electron chi connectivity index (χ0n) is 27.6. The molecular formula is C35H33FIrN2SSi-2. The van der Waals surface area contributed by atoms with Gasteiger partial charge in [-0.25, -0.2) is 4.39 Å². The molecule has 0 spiro atoms. The van der Waals surface area contributed by atoms with Crippen molar-refractivity contribution in [1.82, 2.24) is 9.97 Å². The Morgan fingerprint density at radius 1 is 0.927 bits per heavy atom. The Labute approximate surface area is 266 Å². The van der Waals surface area contributed by atoms with Gasteiger partial charge in [0.25, 0.3) is 0 Å². The second kappa shape index (κ2) is 12.9. The molecule has 6 aromatic rings. The van der Waals surface area contributed by atoms with E-state index in [1.54, 1.807) is 35.7 Å². The molecule has 0 unspecified atom stereocenters. The third-order valence-electron chi connectivity index (χ3n) is 6.71. The van der Waals surface area contributed by atoms with Gasteiger partial charge in [-0.15, -0.1) is 59.2 Å². The van der Waals surface area contributed by atoms with E-state index in [0.717, 1.165) is 48.3 Å². The first kappa shape index (κ1) is 25.7. The van der Waals surface area contributed by atoms with Crippen LogP contribution in [0.5, 0.6) is 0 Å². The predicted octanol–water partition coefficient (Wildman–Crippen LogP) is 9.58. The van der Waals surface area contributed by atoms with E-state index in [-0.39, 0.29) is 25.9 Å². The van der Waals surface area contributed by atoms with Crippen LogP contribution in [0.4, 0.5) is 4.39 Å². The summed E-state index contributed by atoms with van der Waals surface area (Å²) in [5.41, 5.74) is 4.56. The van der Waals surface area contributed by atoms with E-state index in [2.05, 4.69) is 47.8 Å². The summed E-state index contributed by atoms with van der Waals surface area (Å²) in [6, 6.07) is 27.9. The topological polar surface area (TPSA) is 25.8 Å². The summed E-state index contributed by atoms with van der Waals surface area (Å²) in [6.45, 7) is 8.48. The third-order valence-corrected chi connectivity index (χ3v) is 9.92. The quantitative estimate of drug-likeness (QED) is 0.132. The number of fused-ring (bicyclic) bond motifs is 3. The third kappa shape index (κ3) is 7.07. The maximum absolute atomic E-state index is 13.5. The summed E-state index contributed by atoms with van der Waals surface area (Å²) in [5, 5.41) is 3.44. The van der Waals surface area contributed by atoms with Crippen LogP contribution < -0.4 is 5.19 Å². The van der Waals surface area contributed by atoms with Gasteiger partial charge in [-0.2, -0.15) is 11.3 Å². The molecule has 0 saturated heterocycles. The minimum Gasteiger partial charge on any atom is -0.305 e. The predicted molar refractivity (Wildman–Crippen MR) is 172 cm³/mol. The van der Waals surface area contributed by atoms with Crippen molar-refractivity contribution in [1.29, 1.82) is 0 Å². The van der Waals surface area contributed by atoms with Crippen molar-refractivity contribution in [3.05, 3.63) is 114 Å². The van der Waals surface area contributed by atoms with Gasteiger partial charge in [0.1, 0.15) is 5.82 Å². The van der Waals surface area contributed by atoms with E-state index in [4.69, 9.17) is 5.48 Å². The molecule has 1 radical (unpaired) electrons. The molecule has 0 aliphatic rings. The first-order valence-corrected chi connectivity index (χ1v) is 17.4. The number of hydrogen-bond donors (Lipinski definition) is 0. The Morgan fingerprint density at radius 3 is 2.41 bits per heavy atom. The summed E-state index contributed by atoms with van der Waals surface area (Å²) in [7, 11) is -1.34. The molecule has 41 heavy (non-hydrogen) atoms. The van der Waals surface area contributed by atoms with E-state index in [0.29, 0.717) is 5.56 Å². The van der Waals surface area contributed by atoms with Crippen LogP contribution in [-0.2, 0) is 20.1 Å².